The lowest BCUT2D eigenvalue weighted by atomic mass is 9.51. The second-order valence-electron chi connectivity index (χ2n) is 5.10. The van der Waals surface area contributed by atoms with Crippen molar-refractivity contribution in [2.45, 2.75) is 52.5 Å². The summed E-state index contributed by atoms with van der Waals surface area (Å²) in [5.41, 5.74) is 0.622. The summed E-state index contributed by atoms with van der Waals surface area (Å²) in [4.78, 5) is 0. The van der Waals surface area contributed by atoms with E-state index in [4.69, 9.17) is 0 Å². The van der Waals surface area contributed by atoms with Crippen LogP contribution < -0.4 is 5.32 Å². The summed E-state index contributed by atoms with van der Waals surface area (Å²) in [6.07, 6.45) is 5.81. The van der Waals surface area contributed by atoms with Gasteiger partial charge in [-0.25, -0.2) is 0 Å². The minimum absolute atomic E-state index is 0.622. The third-order valence-corrected chi connectivity index (χ3v) is 4.74. The van der Waals surface area contributed by atoms with Gasteiger partial charge < -0.3 is 5.32 Å². The molecule has 0 aromatic carbocycles. The van der Waals surface area contributed by atoms with Gasteiger partial charge in [0, 0.05) is 6.04 Å². The fourth-order valence-electron chi connectivity index (χ4n) is 3.89. The van der Waals surface area contributed by atoms with E-state index in [1.54, 1.807) is 0 Å². The van der Waals surface area contributed by atoms with E-state index in [1.165, 1.54) is 25.7 Å². The highest BCUT2D eigenvalue weighted by molar-refractivity contribution is 5.11. The zero-order valence-corrected chi connectivity index (χ0v) is 9.27. The Hall–Kier alpha value is -0.0400. The largest absolute Gasteiger partial charge is 0.313 e. The van der Waals surface area contributed by atoms with E-state index in [9.17, 15) is 0 Å². The van der Waals surface area contributed by atoms with E-state index in [0.717, 1.165) is 24.4 Å². The maximum atomic E-state index is 3.69. The fraction of sp³-hybridized carbons (Fsp3) is 1.00. The summed E-state index contributed by atoms with van der Waals surface area (Å²) >= 11 is 0. The van der Waals surface area contributed by atoms with Crippen molar-refractivity contribution in [2.24, 2.45) is 17.3 Å². The van der Waals surface area contributed by atoms with Gasteiger partial charge in [0.25, 0.3) is 0 Å². The van der Waals surface area contributed by atoms with Crippen molar-refractivity contribution in [1.29, 1.82) is 0 Å². The van der Waals surface area contributed by atoms with Crippen molar-refractivity contribution in [2.75, 3.05) is 6.54 Å². The second-order valence-corrected chi connectivity index (χ2v) is 5.10. The molecule has 76 valence electrons. The smallest absolute Gasteiger partial charge is 0.0154 e. The molecule has 0 heterocycles. The molecule has 1 N–H and O–H groups in total. The van der Waals surface area contributed by atoms with Gasteiger partial charge in [0.2, 0.25) is 0 Å². The van der Waals surface area contributed by atoms with Gasteiger partial charge in [-0.15, -0.1) is 0 Å². The molecule has 0 aromatic heterocycles. The topological polar surface area (TPSA) is 12.0 Å². The van der Waals surface area contributed by atoms with Crippen molar-refractivity contribution >= 4 is 0 Å². The van der Waals surface area contributed by atoms with E-state index in [1.807, 2.05) is 0 Å². The van der Waals surface area contributed by atoms with Crippen LogP contribution in [0.15, 0.2) is 0 Å². The van der Waals surface area contributed by atoms with Crippen LogP contribution in [0.1, 0.15) is 46.5 Å². The lowest BCUT2D eigenvalue weighted by Crippen LogP contribution is -2.63. The van der Waals surface area contributed by atoms with Crippen LogP contribution in [-0.4, -0.2) is 12.6 Å². The Balaban J connectivity index is 2.08. The molecule has 0 bridgehead atoms. The molecule has 13 heavy (non-hydrogen) atoms. The SMILES string of the molecule is CCNC1C2CCCC2C1(C)CC. The molecule has 2 aliphatic rings. The normalized spacial score (nSPS) is 48.7. The maximum absolute atomic E-state index is 3.69. The van der Waals surface area contributed by atoms with Crippen LogP contribution in [0.25, 0.3) is 0 Å². The second kappa shape index (κ2) is 3.27. The van der Waals surface area contributed by atoms with E-state index >= 15 is 0 Å². The molecule has 0 aromatic rings. The van der Waals surface area contributed by atoms with Crippen molar-refractivity contribution in [1.82, 2.24) is 5.32 Å². The molecule has 0 saturated heterocycles. The Morgan fingerprint density at radius 2 is 2.08 bits per heavy atom. The lowest BCUT2D eigenvalue weighted by molar-refractivity contribution is -0.0581. The third-order valence-electron chi connectivity index (χ3n) is 4.74. The molecule has 0 radical (unpaired) electrons. The van der Waals surface area contributed by atoms with Crippen molar-refractivity contribution < 1.29 is 0 Å². The first-order chi connectivity index (χ1) is 6.24. The summed E-state index contributed by atoms with van der Waals surface area (Å²) < 4.78 is 0. The Labute approximate surface area is 82.3 Å². The van der Waals surface area contributed by atoms with Crippen LogP contribution in [0, 0.1) is 17.3 Å². The van der Waals surface area contributed by atoms with Crippen LogP contribution in [0.4, 0.5) is 0 Å². The van der Waals surface area contributed by atoms with Gasteiger partial charge in [0.05, 0.1) is 0 Å². The number of hydrogen-bond donors (Lipinski definition) is 1. The zero-order valence-electron chi connectivity index (χ0n) is 9.27. The van der Waals surface area contributed by atoms with Gasteiger partial charge in [-0.05, 0) is 43.1 Å². The highest BCUT2D eigenvalue weighted by Gasteiger charge is 2.58. The number of rotatable bonds is 3. The van der Waals surface area contributed by atoms with Gasteiger partial charge >= 0.3 is 0 Å². The Kier molecular flexibility index (Phi) is 2.39. The quantitative estimate of drug-likeness (QED) is 0.706. The summed E-state index contributed by atoms with van der Waals surface area (Å²) in [6.45, 7) is 8.23. The molecule has 2 rings (SSSR count). The predicted molar refractivity (Wildman–Crippen MR) is 56.7 cm³/mol. The molecule has 4 unspecified atom stereocenters. The summed E-state index contributed by atoms with van der Waals surface area (Å²) in [7, 11) is 0. The number of fused-ring (bicyclic) bond motifs is 1. The van der Waals surface area contributed by atoms with Crippen LogP contribution in [0.3, 0.4) is 0 Å². The first kappa shape index (κ1) is 9.51. The van der Waals surface area contributed by atoms with Gasteiger partial charge in [0.15, 0.2) is 0 Å². The Morgan fingerprint density at radius 1 is 1.31 bits per heavy atom. The molecule has 0 spiro atoms. The molecular weight excluding hydrogens is 158 g/mol. The van der Waals surface area contributed by atoms with E-state index in [2.05, 4.69) is 26.1 Å². The van der Waals surface area contributed by atoms with Gasteiger partial charge in [-0.3, -0.25) is 0 Å². The van der Waals surface area contributed by atoms with Crippen molar-refractivity contribution in [3.05, 3.63) is 0 Å². The number of nitrogens with one attached hydrogen (secondary N) is 1. The average Bonchev–Trinajstić information content (AvgIpc) is 2.58. The molecule has 1 nitrogen and oxygen atoms in total. The molecule has 2 aliphatic carbocycles. The molecule has 4 atom stereocenters. The summed E-state index contributed by atoms with van der Waals surface area (Å²) in [5, 5.41) is 3.69. The monoisotopic (exact) mass is 181 g/mol. The van der Waals surface area contributed by atoms with Gasteiger partial charge in [-0.2, -0.15) is 0 Å². The molecular formula is C12H23N. The van der Waals surface area contributed by atoms with Crippen LogP contribution in [-0.2, 0) is 0 Å². The average molecular weight is 181 g/mol. The van der Waals surface area contributed by atoms with Crippen molar-refractivity contribution in [3.8, 4) is 0 Å². The first-order valence-electron chi connectivity index (χ1n) is 5.97. The Morgan fingerprint density at radius 3 is 2.69 bits per heavy atom. The Bertz CT molecular complexity index is 190. The predicted octanol–water partition coefficient (Wildman–Crippen LogP) is 2.81. The molecule has 2 fully saturated rings. The standard InChI is InChI=1S/C12H23N/c1-4-12(3)10-8-6-7-9(10)11(12)13-5-2/h9-11,13H,4-8H2,1-3H3. The highest BCUT2D eigenvalue weighted by Crippen LogP contribution is 2.60. The first-order valence-corrected chi connectivity index (χ1v) is 5.97. The molecule has 0 aliphatic heterocycles. The highest BCUT2D eigenvalue weighted by atomic mass is 15.0. The molecule has 2 saturated carbocycles. The van der Waals surface area contributed by atoms with Crippen LogP contribution >= 0.6 is 0 Å². The van der Waals surface area contributed by atoms with Gasteiger partial charge in [-0.1, -0.05) is 27.2 Å². The number of hydrogen-bond acceptors (Lipinski definition) is 1. The fourth-order valence-corrected chi connectivity index (χ4v) is 3.89. The minimum Gasteiger partial charge on any atom is -0.313 e. The minimum atomic E-state index is 0.622. The van der Waals surface area contributed by atoms with Gasteiger partial charge in [0.1, 0.15) is 0 Å². The summed E-state index contributed by atoms with van der Waals surface area (Å²) in [6, 6.07) is 0.829. The molecule has 1 heteroatoms. The van der Waals surface area contributed by atoms with E-state index in [-0.39, 0.29) is 0 Å². The van der Waals surface area contributed by atoms with Crippen LogP contribution in [0.5, 0.6) is 0 Å². The maximum Gasteiger partial charge on any atom is 0.0154 e. The van der Waals surface area contributed by atoms with E-state index < -0.39 is 0 Å². The molecule has 0 amide bonds. The van der Waals surface area contributed by atoms with E-state index in [0.29, 0.717) is 5.41 Å². The van der Waals surface area contributed by atoms with Crippen molar-refractivity contribution in [3.63, 3.8) is 0 Å². The zero-order chi connectivity index (χ0) is 9.47. The third kappa shape index (κ3) is 1.16. The van der Waals surface area contributed by atoms with Crippen LogP contribution in [0.2, 0.25) is 0 Å². The summed E-state index contributed by atoms with van der Waals surface area (Å²) in [5.74, 6) is 2.06. The lowest BCUT2D eigenvalue weighted by Gasteiger charge is -2.58.